The third-order valence-electron chi connectivity index (χ3n) is 2.13. The Hall–Kier alpha value is -1.31. The van der Waals surface area contributed by atoms with Gasteiger partial charge in [0.1, 0.15) is 7.11 Å². The van der Waals surface area contributed by atoms with Crippen LogP contribution in [0, 0.1) is 0 Å². The summed E-state index contributed by atoms with van der Waals surface area (Å²) in [7, 11) is 1.59. The van der Waals surface area contributed by atoms with Gasteiger partial charge in [0.2, 0.25) is 0 Å². The van der Waals surface area contributed by atoms with Crippen molar-refractivity contribution in [2.45, 2.75) is 12.8 Å². The molecule has 1 aliphatic rings. The van der Waals surface area contributed by atoms with Gasteiger partial charge in [-0.05, 0) is 11.1 Å². The summed E-state index contributed by atoms with van der Waals surface area (Å²) in [5.74, 6) is 0. The Balaban J connectivity index is 2.27. The zero-order valence-corrected chi connectivity index (χ0v) is 7.08. The molecule has 0 heterocycles. The first-order chi connectivity index (χ1) is 5.90. The molecular formula is C10H11NO. The molecular weight excluding hydrogens is 150 g/mol. The van der Waals surface area contributed by atoms with Crippen LogP contribution in [0.5, 0.6) is 0 Å². The van der Waals surface area contributed by atoms with E-state index >= 15 is 0 Å². The van der Waals surface area contributed by atoms with Crippen molar-refractivity contribution in [3.63, 3.8) is 0 Å². The van der Waals surface area contributed by atoms with Gasteiger partial charge in [-0.1, -0.05) is 29.4 Å². The molecule has 2 nitrogen and oxygen atoms in total. The fourth-order valence-corrected chi connectivity index (χ4v) is 1.60. The smallest absolute Gasteiger partial charge is 0.106 e. The Kier molecular flexibility index (Phi) is 1.82. The number of hydrogen-bond donors (Lipinski definition) is 0. The van der Waals surface area contributed by atoms with E-state index in [4.69, 9.17) is 4.84 Å². The van der Waals surface area contributed by atoms with Crippen LogP contribution in [0.15, 0.2) is 29.4 Å². The van der Waals surface area contributed by atoms with Crippen LogP contribution < -0.4 is 0 Å². The first kappa shape index (κ1) is 7.35. The maximum atomic E-state index is 4.74. The van der Waals surface area contributed by atoms with E-state index in [-0.39, 0.29) is 0 Å². The zero-order chi connectivity index (χ0) is 8.39. The molecule has 0 saturated carbocycles. The zero-order valence-electron chi connectivity index (χ0n) is 7.08. The summed E-state index contributed by atoms with van der Waals surface area (Å²) in [6.45, 7) is 0. The Morgan fingerprint density at radius 3 is 2.25 bits per heavy atom. The molecule has 2 heteroatoms. The predicted octanol–water partition coefficient (Wildman–Crippen LogP) is 1.79. The molecule has 0 amide bonds. The average Bonchev–Trinajstić information content (AvgIpc) is 2.47. The molecule has 1 aromatic carbocycles. The van der Waals surface area contributed by atoms with E-state index < -0.39 is 0 Å². The fourth-order valence-electron chi connectivity index (χ4n) is 1.60. The second kappa shape index (κ2) is 2.97. The van der Waals surface area contributed by atoms with Crippen LogP contribution >= 0.6 is 0 Å². The molecule has 0 unspecified atom stereocenters. The molecule has 0 aliphatic heterocycles. The maximum absolute atomic E-state index is 4.74. The third kappa shape index (κ3) is 1.20. The lowest BCUT2D eigenvalue weighted by atomic mass is 10.1. The summed E-state index contributed by atoms with van der Waals surface area (Å²) in [6.07, 6.45) is 1.90. The van der Waals surface area contributed by atoms with E-state index in [1.54, 1.807) is 7.11 Å². The maximum Gasteiger partial charge on any atom is 0.106 e. The van der Waals surface area contributed by atoms with Crippen molar-refractivity contribution in [2.75, 3.05) is 7.11 Å². The van der Waals surface area contributed by atoms with E-state index in [2.05, 4.69) is 29.4 Å². The largest absolute Gasteiger partial charge is 0.399 e. The van der Waals surface area contributed by atoms with Crippen molar-refractivity contribution in [1.29, 1.82) is 0 Å². The number of nitrogens with zero attached hydrogens (tertiary/aromatic N) is 1. The van der Waals surface area contributed by atoms with Crippen LogP contribution in [0.1, 0.15) is 11.1 Å². The van der Waals surface area contributed by atoms with Crippen molar-refractivity contribution in [3.05, 3.63) is 35.4 Å². The molecule has 0 atom stereocenters. The van der Waals surface area contributed by atoms with E-state index in [1.807, 2.05) is 0 Å². The van der Waals surface area contributed by atoms with E-state index in [1.165, 1.54) is 11.1 Å². The Morgan fingerprint density at radius 2 is 1.75 bits per heavy atom. The minimum absolute atomic E-state index is 0.948. The first-order valence-corrected chi connectivity index (χ1v) is 4.06. The number of hydrogen-bond acceptors (Lipinski definition) is 2. The highest BCUT2D eigenvalue weighted by Gasteiger charge is 2.15. The topological polar surface area (TPSA) is 21.6 Å². The second-order valence-electron chi connectivity index (χ2n) is 2.96. The highest BCUT2D eigenvalue weighted by Crippen LogP contribution is 2.19. The minimum atomic E-state index is 0.948. The van der Waals surface area contributed by atoms with Crippen molar-refractivity contribution < 1.29 is 4.84 Å². The van der Waals surface area contributed by atoms with Gasteiger partial charge >= 0.3 is 0 Å². The standard InChI is InChI=1S/C10H11NO/c1-12-11-10-6-8-4-2-3-5-9(8)7-10/h2-5H,6-7H2,1H3. The lowest BCUT2D eigenvalue weighted by Crippen LogP contribution is -1.96. The minimum Gasteiger partial charge on any atom is -0.399 e. The van der Waals surface area contributed by atoms with E-state index in [0.29, 0.717) is 0 Å². The first-order valence-electron chi connectivity index (χ1n) is 4.06. The lowest BCUT2D eigenvalue weighted by molar-refractivity contribution is 0.212. The lowest BCUT2D eigenvalue weighted by Gasteiger charge is -1.92. The summed E-state index contributed by atoms with van der Waals surface area (Å²) in [4.78, 5) is 4.74. The highest BCUT2D eigenvalue weighted by atomic mass is 16.6. The summed E-state index contributed by atoms with van der Waals surface area (Å²) >= 11 is 0. The van der Waals surface area contributed by atoms with Crippen LogP contribution in [-0.2, 0) is 17.7 Å². The molecule has 0 saturated heterocycles. The molecule has 0 N–H and O–H groups in total. The normalized spacial score (nSPS) is 14.2. The second-order valence-corrected chi connectivity index (χ2v) is 2.96. The monoisotopic (exact) mass is 161 g/mol. The van der Waals surface area contributed by atoms with Crippen molar-refractivity contribution >= 4 is 5.71 Å². The predicted molar refractivity (Wildman–Crippen MR) is 48.3 cm³/mol. The van der Waals surface area contributed by atoms with Gasteiger partial charge in [-0.15, -0.1) is 0 Å². The van der Waals surface area contributed by atoms with E-state index in [9.17, 15) is 0 Å². The molecule has 2 rings (SSSR count). The molecule has 12 heavy (non-hydrogen) atoms. The summed E-state index contributed by atoms with van der Waals surface area (Å²) in [5, 5.41) is 3.96. The van der Waals surface area contributed by atoms with Gasteiger partial charge in [-0.3, -0.25) is 0 Å². The van der Waals surface area contributed by atoms with Gasteiger partial charge in [0.15, 0.2) is 0 Å². The van der Waals surface area contributed by atoms with Gasteiger partial charge in [0, 0.05) is 12.8 Å². The molecule has 62 valence electrons. The number of oxime groups is 1. The van der Waals surface area contributed by atoms with Gasteiger partial charge in [0.25, 0.3) is 0 Å². The Labute approximate surface area is 71.8 Å². The number of rotatable bonds is 1. The van der Waals surface area contributed by atoms with Gasteiger partial charge in [-0.2, -0.15) is 0 Å². The van der Waals surface area contributed by atoms with Crippen LogP contribution in [0.3, 0.4) is 0 Å². The molecule has 0 spiro atoms. The summed E-state index contributed by atoms with van der Waals surface area (Å²) < 4.78 is 0. The Morgan fingerprint density at radius 1 is 1.17 bits per heavy atom. The molecule has 0 bridgehead atoms. The molecule has 0 fully saturated rings. The van der Waals surface area contributed by atoms with Crippen molar-refractivity contribution in [2.24, 2.45) is 5.16 Å². The van der Waals surface area contributed by atoms with Crippen molar-refractivity contribution in [3.8, 4) is 0 Å². The molecule has 0 radical (unpaired) electrons. The summed E-state index contributed by atoms with van der Waals surface area (Å²) in [6, 6.07) is 8.42. The molecule has 1 aliphatic carbocycles. The fraction of sp³-hybridized carbons (Fsp3) is 0.300. The molecule has 1 aromatic rings. The Bertz CT molecular complexity index is 290. The highest BCUT2D eigenvalue weighted by molar-refractivity contribution is 5.92. The number of benzene rings is 1. The van der Waals surface area contributed by atoms with Crippen LogP contribution in [0.25, 0.3) is 0 Å². The van der Waals surface area contributed by atoms with E-state index in [0.717, 1.165) is 18.6 Å². The SMILES string of the molecule is CON=C1Cc2ccccc2C1. The van der Waals surface area contributed by atoms with Crippen LogP contribution in [-0.4, -0.2) is 12.8 Å². The average molecular weight is 161 g/mol. The number of fused-ring (bicyclic) bond motifs is 1. The van der Waals surface area contributed by atoms with Gasteiger partial charge in [-0.25, -0.2) is 0 Å². The third-order valence-corrected chi connectivity index (χ3v) is 2.13. The van der Waals surface area contributed by atoms with Crippen molar-refractivity contribution in [1.82, 2.24) is 0 Å². The molecule has 0 aromatic heterocycles. The van der Waals surface area contributed by atoms with Crippen LogP contribution in [0.4, 0.5) is 0 Å². The summed E-state index contributed by atoms with van der Waals surface area (Å²) in [5.41, 5.74) is 3.89. The quantitative estimate of drug-likeness (QED) is 0.575. The van der Waals surface area contributed by atoms with Gasteiger partial charge in [0.05, 0.1) is 5.71 Å². The van der Waals surface area contributed by atoms with Crippen LogP contribution in [0.2, 0.25) is 0 Å². The van der Waals surface area contributed by atoms with Gasteiger partial charge < -0.3 is 4.84 Å².